The van der Waals surface area contributed by atoms with Crippen LogP contribution in [0, 0.1) is 0 Å². The Bertz CT molecular complexity index is 963. The van der Waals surface area contributed by atoms with Gasteiger partial charge in [-0.1, -0.05) is 30.3 Å². The summed E-state index contributed by atoms with van der Waals surface area (Å²) in [6.07, 6.45) is 1.66. The highest BCUT2D eigenvalue weighted by atomic mass is 19.1. The van der Waals surface area contributed by atoms with Gasteiger partial charge in [0.15, 0.2) is 0 Å². The van der Waals surface area contributed by atoms with Gasteiger partial charge in [-0.05, 0) is 29.2 Å². The molecular weight excluding hydrogens is 377 g/mol. The molecule has 0 N–H and O–H groups in total. The van der Waals surface area contributed by atoms with Gasteiger partial charge in [0.25, 0.3) is 0 Å². The quantitative estimate of drug-likeness (QED) is 0.770. The molecule has 4 aliphatic heterocycles. The van der Waals surface area contributed by atoms with E-state index in [9.17, 15) is 0 Å². The molecule has 0 bridgehead atoms. The molecule has 158 valence electrons. The third kappa shape index (κ3) is 2.89. The Morgan fingerprint density at radius 1 is 1.13 bits per heavy atom. The minimum absolute atomic E-state index is 0.450. The summed E-state index contributed by atoms with van der Waals surface area (Å²) < 4.78 is 20.9. The second-order valence-electron chi connectivity index (χ2n) is 9.36. The molecule has 4 heterocycles. The summed E-state index contributed by atoms with van der Waals surface area (Å²) in [4.78, 5) is 7.38. The molecule has 0 spiro atoms. The Morgan fingerprint density at radius 2 is 2.03 bits per heavy atom. The van der Waals surface area contributed by atoms with E-state index in [1.807, 2.05) is 12.1 Å². The highest BCUT2D eigenvalue weighted by molar-refractivity contribution is 5.80. The van der Waals surface area contributed by atoms with Crippen LogP contribution in [0.15, 0.2) is 36.4 Å². The summed E-state index contributed by atoms with van der Waals surface area (Å²) in [7, 11) is 2.19. The van der Waals surface area contributed by atoms with Crippen LogP contribution in [0.5, 0.6) is 5.75 Å². The van der Waals surface area contributed by atoms with Crippen LogP contribution in [-0.4, -0.2) is 63.5 Å². The van der Waals surface area contributed by atoms with E-state index in [-0.39, 0.29) is 0 Å². The van der Waals surface area contributed by atoms with Crippen LogP contribution in [0.1, 0.15) is 29.0 Å². The molecule has 2 aromatic carbocycles. The number of ether oxygens (including phenoxy) is 1. The molecule has 0 amide bonds. The number of likely N-dealkylation sites (N-methyl/N-ethyl adjacent to an activating group) is 1. The first kappa shape index (κ1) is 18.5. The van der Waals surface area contributed by atoms with Crippen molar-refractivity contribution in [1.82, 2.24) is 4.90 Å². The lowest BCUT2D eigenvalue weighted by Gasteiger charge is -2.42. The number of rotatable bonds is 4. The van der Waals surface area contributed by atoms with Gasteiger partial charge in [0.05, 0.1) is 18.0 Å². The van der Waals surface area contributed by atoms with Gasteiger partial charge in [-0.2, -0.15) is 0 Å². The zero-order valence-corrected chi connectivity index (χ0v) is 17.7. The van der Waals surface area contributed by atoms with Crippen molar-refractivity contribution in [3.8, 4) is 5.75 Å². The summed E-state index contributed by atoms with van der Waals surface area (Å²) in [6, 6.07) is 13.5. The van der Waals surface area contributed by atoms with Crippen molar-refractivity contribution in [2.24, 2.45) is 0 Å². The topological polar surface area (TPSA) is 19.0 Å². The predicted octanol–water partition coefficient (Wildman–Crippen LogP) is 3.63. The third-order valence-corrected chi connectivity index (χ3v) is 7.57. The van der Waals surface area contributed by atoms with Gasteiger partial charge in [-0.25, -0.2) is 4.39 Å². The molecule has 3 atom stereocenters. The van der Waals surface area contributed by atoms with Crippen LogP contribution < -0.4 is 14.5 Å². The fourth-order valence-corrected chi connectivity index (χ4v) is 6.17. The number of fused-ring (bicyclic) bond motifs is 4. The fourth-order valence-electron chi connectivity index (χ4n) is 6.17. The van der Waals surface area contributed by atoms with Gasteiger partial charge < -0.3 is 14.5 Å². The van der Waals surface area contributed by atoms with Crippen molar-refractivity contribution in [3.63, 3.8) is 0 Å². The molecular formula is C25H30FN3O. The van der Waals surface area contributed by atoms with E-state index >= 15 is 4.39 Å². The Labute approximate surface area is 178 Å². The van der Waals surface area contributed by atoms with Crippen LogP contribution in [0.3, 0.4) is 0 Å². The molecule has 5 heteroatoms. The molecule has 0 aromatic heterocycles. The SMILES string of the molecule is CN1CCN2c3c(cccc31)[C@@H]1CN(CC(F)Cc3cccc4c3OCC4)CC[C@@H]12. The molecule has 2 aromatic rings. The maximum Gasteiger partial charge on any atom is 0.125 e. The predicted molar refractivity (Wildman–Crippen MR) is 119 cm³/mol. The van der Waals surface area contributed by atoms with Gasteiger partial charge >= 0.3 is 0 Å². The van der Waals surface area contributed by atoms with Crippen molar-refractivity contribution >= 4 is 11.4 Å². The third-order valence-electron chi connectivity index (χ3n) is 7.57. The minimum Gasteiger partial charge on any atom is -0.493 e. The Kier molecular flexibility index (Phi) is 4.41. The monoisotopic (exact) mass is 407 g/mol. The number of hydrogen-bond donors (Lipinski definition) is 0. The average Bonchev–Trinajstić information content (AvgIpc) is 3.35. The maximum atomic E-state index is 15.1. The lowest BCUT2D eigenvalue weighted by Crippen LogP contribution is -2.50. The summed E-state index contributed by atoms with van der Waals surface area (Å²) in [6.45, 7) is 5.38. The van der Waals surface area contributed by atoms with Crippen molar-refractivity contribution in [2.75, 3.05) is 56.2 Å². The molecule has 30 heavy (non-hydrogen) atoms. The van der Waals surface area contributed by atoms with Crippen molar-refractivity contribution in [2.45, 2.75) is 37.4 Å². The maximum absolute atomic E-state index is 15.1. The lowest BCUT2D eigenvalue weighted by molar-refractivity contribution is 0.145. The number of anilines is 2. The first-order valence-electron chi connectivity index (χ1n) is 11.4. The van der Waals surface area contributed by atoms with Crippen LogP contribution in [0.4, 0.5) is 15.8 Å². The fraction of sp³-hybridized carbons (Fsp3) is 0.520. The smallest absolute Gasteiger partial charge is 0.125 e. The summed E-state index contributed by atoms with van der Waals surface area (Å²) in [5.41, 5.74) is 6.54. The number of nitrogens with zero attached hydrogens (tertiary/aromatic N) is 3. The standard InChI is InChI=1S/C25H30FN3O/c1-27-11-12-29-22-8-10-28(16-21(22)20-6-3-7-23(27)24(20)29)15-19(26)14-18-5-2-4-17-9-13-30-25(17)18/h2-7,19,21-22H,8-16H2,1H3/t19?,21-,22-/m0/s1. The van der Waals surface area contributed by atoms with Gasteiger partial charge in [-0.3, -0.25) is 4.90 Å². The van der Waals surface area contributed by atoms with Gasteiger partial charge in [0.2, 0.25) is 0 Å². The highest BCUT2D eigenvalue weighted by Gasteiger charge is 2.44. The first-order valence-corrected chi connectivity index (χ1v) is 11.4. The molecule has 0 saturated carbocycles. The minimum atomic E-state index is -0.859. The average molecular weight is 408 g/mol. The van der Waals surface area contributed by atoms with Crippen molar-refractivity contribution in [1.29, 1.82) is 0 Å². The van der Waals surface area contributed by atoms with E-state index in [0.29, 0.717) is 24.9 Å². The van der Waals surface area contributed by atoms with Gasteiger partial charge in [-0.15, -0.1) is 0 Å². The first-order chi connectivity index (χ1) is 14.7. The molecule has 6 rings (SSSR count). The number of alkyl halides is 1. The van der Waals surface area contributed by atoms with Crippen molar-refractivity contribution in [3.05, 3.63) is 53.1 Å². The number of hydrogen-bond acceptors (Lipinski definition) is 4. The Morgan fingerprint density at radius 3 is 2.97 bits per heavy atom. The van der Waals surface area contributed by atoms with Gasteiger partial charge in [0, 0.05) is 64.6 Å². The van der Waals surface area contributed by atoms with Crippen LogP contribution in [0.25, 0.3) is 0 Å². The molecule has 0 aliphatic carbocycles. The van der Waals surface area contributed by atoms with Crippen LogP contribution in [-0.2, 0) is 12.8 Å². The highest BCUT2D eigenvalue weighted by Crippen LogP contribution is 2.50. The van der Waals surface area contributed by atoms with E-state index in [1.165, 1.54) is 22.5 Å². The van der Waals surface area contributed by atoms with E-state index in [0.717, 1.165) is 56.9 Å². The van der Waals surface area contributed by atoms with E-state index in [1.54, 1.807) is 0 Å². The molecule has 4 aliphatic rings. The normalized spacial score (nSPS) is 25.5. The number of halogens is 1. The van der Waals surface area contributed by atoms with E-state index < -0.39 is 6.17 Å². The summed E-state index contributed by atoms with van der Waals surface area (Å²) in [5.74, 6) is 1.44. The summed E-state index contributed by atoms with van der Waals surface area (Å²) >= 11 is 0. The molecule has 1 fully saturated rings. The number of benzene rings is 2. The number of para-hydroxylation sites is 2. The van der Waals surface area contributed by atoms with E-state index in [4.69, 9.17) is 4.74 Å². The van der Waals surface area contributed by atoms with Gasteiger partial charge in [0.1, 0.15) is 11.9 Å². The Balaban J connectivity index is 1.17. The molecule has 1 saturated heterocycles. The lowest BCUT2D eigenvalue weighted by atomic mass is 9.88. The summed E-state index contributed by atoms with van der Waals surface area (Å²) in [5, 5.41) is 0. The largest absolute Gasteiger partial charge is 0.493 e. The Hall–Kier alpha value is -2.27. The number of likely N-dealkylation sites (tertiary alicyclic amines) is 1. The zero-order chi connectivity index (χ0) is 20.2. The van der Waals surface area contributed by atoms with Crippen molar-refractivity contribution < 1.29 is 9.13 Å². The van der Waals surface area contributed by atoms with Crippen LogP contribution in [0.2, 0.25) is 0 Å². The second-order valence-corrected chi connectivity index (χ2v) is 9.36. The molecule has 4 nitrogen and oxygen atoms in total. The van der Waals surface area contributed by atoms with E-state index in [2.05, 4.69) is 46.0 Å². The number of piperidine rings is 1. The molecule has 1 unspecified atom stereocenters. The second kappa shape index (κ2) is 7.16. The zero-order valence-electron chi connectivity index (χ0n) is 17.7. The molecule has 0 radical (unpaired) electrons. The van der Waals surface area contributed by atoms with Crippen LogP contribution >= 0.6 is 0 Å².